The van der Waals surface area contributed by atoms with Crippen molar-refractivity contribution in [2.75, 3.05) is 19.7 Å². The number of aromatic hydroxyl groups is 2. The van der Waals surface area contributed by atoms with Crippen molar-refractivity contribution in [3.8, 4) is 17.2 Å². The minimum absolute atomic E-state index is 0.00203. The van der Waals surface area contributed by atoms with Crippen molar-refractivity contribution < 1.29 is 54.4 Å². The molecule has 10 bridgehead atoms. The lowest BCUT2D eigenvalue weighted by Gasteiger charge is -2.56. The van der Waals surface area contributed by atoms with Crippen LogP contribution in [-0.4, -0.2) is 90.5 Å². The van der Waals surface area contributed by atoms with Gasteiger partial charge >= 0.3 is 5.97 Å². The lowest BCUT2D eigenvalue weighted by Crippen LogP contribution is -2.60. The van der Waals surface area contributed by atoms with Crippen LogP contribution in [0.1, 0.15) is 217 Å². The standard InChI is InChI=1S/C79H96N4O12/c1-4-58(79(92)35-43-24-47(79)25-44-34-77(72(89)52-14-9-13-50(43)63(44)52)22-18-46-12-6-7-20-78(46,91)39-77)74(90)94-61-30-56-69(88)66-60(87)29-49(37-84)93-71(66)67-64-51-19-23-82-73(80)65(51)68-55-26-41(53-31-62(81-5-2)83-36-45(53)27-59(55)75(61,3)95-70(56)67)11-8-10-40-17-21-76(68,32-40)33-42-15-16-48(86)28-54(42)57(64)38-85/h4,9,13-16,19,28-29,31,36,40-41,43-44,46-47,55,57,59,61-62,64,68,72,81-86,88-89,91-92H,5-8,10-12,17-18,20-27,30,32-35,37-39,80H2,1-3H3/b58-4+/t40-,41+,43+,44-,46-,47+,55+,57+,59+,61-,62?,64+,68+,72-,75+,76+,77-,78+,79+/m1/s1. The summed E-state index contributed by atoms with van der Waals surface area (Å²) in [5, 5.41) is 98.2. The number of carbonyl (C=O) groups is 1. The zero-order chi connectivity index (χ0) is 65.4. The Hall–Kier alpha value is -6.40. The Balaban J connectivity index is 0.860. The molecule has 0 amide bonds. The van der Waals surface area contributed by atoms with Gasteiger partial charge in [-0.05, 0) is 244 Å². The van der Waals surface area contributed by atoms with Crippen molar-refractivity contribution >= 4 is 16.9 Å². The number of phenolic OH excluding ortho intramolecular Hbond substituents is 2. The van der Waals surface area contributed by atoms with E-state index >= 15 is 9.59 Å². The Morgan fingerprint density at radius 1 is 0.874 bits per heavy atom. The maximum atomic E-state index is 16.5. The van der Waals surface area contributed by atoms with Crippen LogP contribution in [-0.2, 0) is 29.0 Å². The average molecular weight is 1290 g/mol. The van der Waals surface area contributed by atoms with E-state index in [1.54, 1.807) is 18.2 Å². The fraction of sp³-hybridized carbons (Fsp3) is 0.595. The van der Waals surface area contributed by atoms with Crippen LogP contribution < -0.4 is 31.8 Å². The molecule has 6 fully saturated rings. The van der Waals surface area contributed by atoms with Crippen LogP contribution in [0.3, 0.4) is 0 Å². The van der Waals surface area contributed by atoms with Crippen LogP contribution in [0.25, 0.3) is 11.0 Å². The normalized spacial score (nSPS) is 39.5. The number of phenols is 2. The Morgan fingerprint density at radius 3 is 2.53 bits per heavy atom. The molecule has 0 saturated heterocycles. The highest BCUT2D eigenvalue weighted by atomic mass is 16.6. The van der Waals surface area contributed by atoms with Gasteiger partial charge in [0.25, 0.3) is 0 Å². The number of allylic oxidation sites excluding steroid dienone is 5. The van der Waals surface area contributed by atoms with Gasteiger partial charge in [0.2, 0.25) is 0 Å². The third kappa shape index (κ3) is 9.24. The number of likely N-dealkylation sites (N-methyl/N-ethyl adjacent to an activating group) is 1. The number of benzene rings is 3. The molecule has 3 aromatic carbocycles. The van der Waals surface area contributed by atoms with E-state index in [2.05, 4.69) is 66.3 Å². The van der Waals surface area contributed by atoms with E-state index < -0.39 is 88.0 Å². The zero-order valence-corrected chi connectivity index (χ0v) is 55.4. The zero-order valence-electron chi connectivity index (χ0n) is 55.4. The van der Waals surface area contributed by atoms with Gasteiger partial charge < -0.3 is 66.0 Å². The number of nitrogens with two attached hydrogens (primary N) is 1. The third-order valence-electron chi connectivity index (χ3n) is 27.9. The van der Waals surface area contributed by atoms with E-state index in [9.17, 15) is 35.7 Å². The van der Waals surface area contributed by atoms with E-state index in [1.807, 2.05) is 13.0 Å². The fourth-order valence-electron chi connectivity index (χ4n) is 24.0. The molecule has 5 heterocycles. The van der Waals surface area contributed by atoms with Crippen molar-refractivity contribution in [1.29, 1.82) is 0 Å². The minimum atomic E-state index is -1.62. The lowest BCUT2D eigenvalue weighted by molar-refractivity contribution is -0.173. The summed E-state index contributed by atoms with van der Waals surface area (Å²) in [5.41, 5.74) is 12.4. The molecular weight excluding hydrogens is 1200 g/mol. The van der Waals surface area contributed by atoms with Gasteiger partial charge in [-0.2, -0.15) is 0 Å². The first kappa shape index (κ1) is 62.1. The van der Waals surface area contributed by atoms with Gasteiger partial charge in [0.1, 0.15) is 58.1 Å². The molecule has 6 saturated carbocycles. The predicted octanol–water partition coefficient (Wildman–Crippen LogP) is 10.9. The summed E-state index contributed by atoms with van der Waals surface area (Å²) in [5.74, 6) is -2.68. The molecule has 17 rings (SSSR count). The first-order valence-corrected chi connectivity index (χ1v) is 36.4. The number of rotatable bonds is 7. The maximum absolute atomic E-state index is 16.5. The molecular formula is C79H96N4O12. The number of ether oxygens (including phenoxy) is 2. The minimum Gasteiger partial charge on any atom is -0.508 e. The number of dihydropyridines is 2. The molecule has 1 aromatic heterocycles. The fourth-order valence-corrected chi connectivity index (χ4v) is 24.0. The molecule has 1 unspecified atom stereocenters. The number of hydrogen-bond acceptors (Lipinski definition) is 16. The van der Waals surface area contributed by atoms with Crippen LogP contribution in [0.2, 0.25) is 0 Å². The van der Waals surface area contributed by atoms with E-state index in [-0.39, 0.29) is 99.8 Å². The maximum Gasteiger partial charge on any atom is 0.337 e. The monoisotopic (exact) mass is 1290 g/mol. The first-order chi connectivity index (χ1) is 45.8. The lowest BCUT2D eigenvalue weighted by atomic mass is 9.51. The highest BCUT2D eigenvalue weighted by Gasteiger charge is 2.65. The highest BCUT2D eigenvalue weighted by molar-refractivity contribution is 5.93. The van der Waals surface area contributed by atoms with Crippen LogP contribution >= 0.6 is 0 Å². The van der Waals surface area contributed by atoms with E-state index in [1.165, 1.54) is 17.2 Å². The van der Waals surface area contributed by atoms with Gasteiger partial charge in [0.05, 0.1) is 35.7 Å². The molecule has 0 radical (unpaired) electrons. The molecule has 95 heavy (non-hydrogen) atoms. The number of fused-ring (bicyclic) bond motifs is 14. The number of nitrogens with one attached hydrogen (secondary N) is 3. The Kier molecular flexibility index (Phi) is 14.8. The van der Waals surface area contributed by atoms with Gasteiger partial charge in [-0.3, -0.25) is 10.1 Å². The van der Waals surface area contributed by atoms with Gasteiger partial charge in [-0.1, -0.05) is 69.0 Å². The second-order valence-corrected chi connectivity index (χ2v) is 32.3. The molecule has 9 aliphatic carbocycles. The SMILES string of the molecule is C/C=C(\C(=O)O[C@@H]1Cc2c3c(c4oc(CO)cc(=O)c4c2O)[C@H]2C4=CCNC(N)=C4[C@@H]4[C@H]5C[C@H](CCC[C@@H]6CC[C@@]4(Cc4ccc(O)cc4[C@@H]2CO)C6)C2=CC(NCC)NC=C2C[C@@H]5[C@]1(C)O3)[C@]1(O)C[C@@H]2C[C@H]1C[C@@H]1C[C@@]3(CC[C@H]4CCCC[C@]4(O)C3)[C@H](O)c3cccc2c31. The Labute approximate surface area is 556 Å². The molecule has 2 spiro atoms. The number of aliphatic hydroxyl groups excluding tert-OH is 3. The van der Waals surface area contributed by atoms with Crippen LogP contribution in [0, 0.1) is 52.3 Å². The molecule has 19 atom stereocenters. The van der Waals surface area contributed by atoms with E-state index in [0.717, 1.165) is 129 Å². The molecule has 16 nitrogen and oxygen atoms in total. The van der Waals surface area contributed by atoms with Crippen molar-refractivity contribution in [3.05, 3.63) is 156 Å². The molecule has 16 heteroatoms. The van der Waals surface area contributed by atoms with Crippen molar-refractivity contribution in [3.63, 3.8) is 0 Å². The summed E-state index contributed by atoms with van der Waals surface area (Å²) in [7, 11) is 0. The number of carbonyl (C=O) groups excluding carboxylic acids is 1. The van der Waals surface area contributed by atoms with Gasteiger partial charge in [0.15, 0.2) is 5.43 Å². The summed E-state index contributed by atoms with van der Waals surface area (Å²) in [6.07, 6.45) is 22.5. The van der Waals surface area contributed by atoms with Gasteiger partial charge in [-0.25, -0.2) is 4.79 Å². The molecule has 4 aromatic rings. The second kappa shape index (κ2) is 22.6. The molecule has 13 aliphatic rings. The Bertz CT molecular complexity index is 4090. The van der Waals surface area contributed by atoms with Gasteiger partial charge in [0, 0.05) is 59.5 Å². The van der Waals surface area contributed by atoms with Crippen LogP contribution in [0.5, 0.6) is 17.2 Å². The molecule has 12 N–H and O–H groups in total. The third-order valence-corrected chi connectivity index (χ3v) is 27.9. The van der Waals surface area contributed by atoms with Crippen molar-refractivity contribution in [1.82, 2.24) is 16.0 Å². The highest BCUT2D eigenvalue weighted by Crippen LogP contribution is 2.70. The van der Waals surface area contributed by atoms with Crippen LogP contribution in [0.15, 0.2) is 110 Å². The number of esters is 1. The van der Waals surface area contributed by atoms with Crippen molar-refractivity contribution in [2.24, 2.45) is 58.0 Å². The smallest absolute Gasteiger partial charge is 0.337 e. The Morgan fingerprint density at radius 2 is 1.71 bits per heavy atom. The van der Waals surface area contributed by atoms with Crippen LogP contribution in [0.4, 0.5) is 0 Å². The summed E-state index contributed by atoms with van der Waals surface area (Å²) < 4.78 is 22.4. The quantitative estimate of drug-likeness (QED) is 0.0607. The largest absolute Gasteiger partial charge is 0.508 e. The van der Waals surface area contributed by atoms with E-state index in [4.69, 9.17) is 19.6 Å². The van der Waals surface area contributed by atoms with Gasteiger partial charge in [-0.15, -0.1) is 0 Å². The summed E-state index contributed by atoms with van der Waals surface area (Å²) in [4.78, 5) is 31.5. The predicted molar refractivity (Wildman–Crippen MR) is 359 cm³/mol. The average Bonchev–Trinajstić information content (AvgIpc) is 1.68. The second-order valence-electron chi connectivity index (χ2n) is 32.3. The van der Waals surface area contributed by atoms with E-state index in [0.29, 0.717) is 62.4 Å². The number of hydrogen-bond donors (Lipinski definition) is 11. The first-order valence-electron chi connectivity index (χ1n) is 36.4. The topological polar surface area (TPSA) is 269 Å². The number of aliphatic hydroxyl groups is 5. The molecule has 504 valence electrons. The summed E-state index contributed by atoms with van der Waals surface area (Å²) in [6.45, 7) is 6.10. The summed E-state index contributed by atoms with van der Waals surface area (Å²) >= 11 is 0. The summed E-state index contributed by atoms with van der Waals surface area (Å²) in [6, 6.07) is 13.1. The molecule has 4 aliphatic heterocycles. The van der Waals surface area contributed by atoms with Crippen molar-refractivity contribution in [2.45, 2.75) is 221 Å².